The maximum Gasteiger partial charge on any atom is 0.311 e. The number of pyridine rings is 1. The second-order valence-corrected chi connectivity index (χ2v) is 5.61. The zero-order valence-corrected chi connectivity index (χ0v) is 11.2. The largest absolute Gasteiger partial charge is 0.481 e. The summed E-state index contributed by atoms with van der Waals surface area (Å²) in [5.41, 5.74) is 6.86. The van der Waals surface area contributed by atoms with Crippen LogP contribution in [0, 0.1) is 11.3 Å². The molecule has 1 aliphatic rings. The number of aromatic nitrogens is 1. The van der Waals surface area contributed by atoms with Crippen LogP contribution in [0.25, 0.3) is 10.9 Å². The first-order valence-corrected chi connectivity index (χ1v) is 6.93. The molecule has 0 radical (unpaired) electrons. The van der Waals surface area contributed by atoms with Crippen molar-refractivity contribution < 1.29 is 9.90 Å². The van der Waals surface area contributed by atoms with Crippen molar-refractivity contribution >= 4 is 16.9 Å². The Balaban J connectivity index is 2.05. The van der Waals surface area contributed by atoms with Crippen molar-refractivity contribution in [2.45, 2.75) is 19.3 Å². The second kappa shape index (κ2) is 4.87. The Kier molecular flexibility index (Phi) is 3.18. The molecule has 0 saturated heterocycles. The lowest BCUT2D eigenvalue weighted by molar-refractivity contribution is -0.149. The molecule has 20 heavy (non-hydrogen) atoms. The summed E-state index contributed by atoms with van der Waals surface area (Å²) in [6.07, 6.45) is 4.12. The SMILES string of the molecule is NCC(Cc1cccc2cccnc12)(C(=O)O)C1CC1. The van der Waals surface area contributed by atoms with Gasteiger partial charge in [-0.2, -0.15) is 0 Å². The van der Waals surface area contributed by atoms with E-state index in [-0.39, 0.29) is 12.5 Å². The van der Waals surface area contributed by atoms with Crippen LogP contribution in [-0.2, 0) is 11.2 Å². The van der Waals surface area contributed by atoms with E-state index in [9.17, 15) is 9.90 Å². The van der Waals surface area contributed by atoms with Crippen molar-refractivity contribution in [2.24, 2.45) is 17.1 Å². The molecule has 1 atom stereocenters. The van der Waals surface area contributed by atoms with Crippen LogP contribution in [0.15, 0.2) is 36.5 Å². The molecule has 0 aliphatic heterocycles. The van der Waals surface area contributed by atoms with Crippen LogP contribution in [0.1, 0.15) is 18.4 Å². The van der Waals surface area contributed by atoms with Gasteiger partial charge in [-0.25, -0.2) is 0 Å². The lowest BCUT2D eigenvalue weighted by Gasteiger charge is -2.28. The fourth-order valence-corrected chi connectivity index (χ4v) is 3.01. The van der Waals surface area contributed by atoms with Gasteiger partial charge in [-0.15, -0.1) is 0 Å². The normalized spacial score (nSPS) is 17.9. The number of carboxylic acid groups (broad SMARTS) is 1. The summed E-state index contributed by atoms with van der Waals surface area (Å²) in [6.45, 7) is 0.177. The summed E-state index contributed by atoms with van der Waals surface area (Å²) in [4.78, 5) is 16.2. The summed E-state index contributed by atoms with van der Waals surface area (Å²) in [6, 6.07) is 9.79. The van der Waals surface area contributed by atoms with Crippen molar-refractivity contribution in [3.05, 3.63) is 42.1 Å². The molecule has 4 heteroatoms. The Morgan fingerprint density at radius 3 is 2.75 bits per heavy atom. The number of rotatable bonds is 5. The average Bonchev–Trinajstić information content (AvgIpc) is 3.29. The van der Waals surface area contributed by atoms with Crippen LogP contribution in [0.3, 0.4) is 0 Å². The third kappa shape index (κ3) is 2.06. The number of nitrogens with two attached hydrogens (primary N) is 1. The molecule has 104 valence electrons. The van der Waals surface area contributed by atoms with E-state index >= 15 is 0 Å². The van der Waals surface area contributed by atoms with Gasteiger partial charge in [0.05, 0.1) is 10.9 Å². The summed E-state index contributed by atoms with van der Waals surface area (Å²) in [7, 11) is 0. The third-order valence-corrected chi connectivity index (χ3v) is 4.37. The molecule has 0 spiro atoms. The summed E-state index contributed by atoms with van der Waals surface area (Å²) in [5, 5.41) is 10.7. The van der Waals surface area contributed by atoms with Gasteiger partial charge in [0.15, 0.2) is 0 Å². The minimum Gasteiger partial charge on any atom is -0.481 e. The molecule has 1 aromatic heterocycles. The highest BCUT2D eigenvalue weighted by Crippen LogP contribution is 2.47. The van der Waals surface area contributed by atoms with Crippen molar-refractivity contribution in [2.75, 3.05) is 6.54 Å². The van der Waals surface area contributed by atoms with E-state index in [0.717, 1.165) is 29.3 Å². The van der Waals surface area contributed by atoms with Crippen LogP contribution in [0.4, 0.5) is 0 Å². The third-order valence-electron chi connectivity index (χ3n) is 4.37. The van der Waals surface area contributed by atoms with Crippen LogP contribution in [0.5, 0.6) is 0 Å². The van der Waals surface area contributed by atoms with E-state index in [4.69, 9.17) is 5.73 Å². The lowest BCUT2D eigenvalue weighted by Crippen LogP contribution is -2.42. The quantitative estimate of drug-likeness (QED) is 0.873. The standard InChI is InChI=1S/C16H18N2O2/c17-10-16(15(19)20,13-6-7-13)9-12-4-1-3-11-5-2-8-18-14(11)12/h1-5,8,13H,6-7,9-10,17H2,(H,19,20). The van der Waals surface area contributed by atoms with Gasteiger partial charge in [0.25, 0.3) is 0 Å². The number of hydrogen-bond acceptors (Lipinski definition) is 3. The summed E-state index contributed by atoms with van der Waals surface area (Å²) in [5.74, 6) is -0.584. The number of para-hydroxylation sites is 1. The molecule has 1 saturated carbocycles. The molecule has 1 aliphatic carbocycles. The smallest absolute Gasteiger partial charge is 0.311 e. The van der Waals surface area contributed by atoms with Crippen molar-refractivity contribution in [3.8, 4) is 0 Å². The van der Waals surface area contributed by atoms with E-state index in [1.54, 1.807) is 6.20 Å². The second-order valence-electron chi connectivity index (χ2n) is 5.61. The predicted molar refractivity (Wildman–Crippen MR) is 77.3 cm³/mol. The van der Waals surface area contributed by atoms with Crippen LogP contribution in [-0.4, -0.2) is 22.6 Å². The Bertz CT molecular complexity index is 646. The van der Waals surface area contributed by atoms with Gasteiger partial charge in [0.1, 0.15) is 0 Å². The molecular formula is C16H18N2O2. The molecule has 1 aromatic carbocycles. The first-order chi connectivity index (χ1) is 9.67. The van der Waals surface area contributed by atoms with Crippen molar-refractivity contribution in [3.63, 3.8) is 0 Å². The van der Waals surface area contributed by atoms with Crippen molar-refractivity contribution in [1.29, 1.82) is 0 Å². The maximum absolute atomic E-state index is 11.8. The van der Waals surface area contributed by atoms with Gasteiger partial charge in [-0.05, 0) is 36.8 Å². The number of fused-ring (bicyclic) bond motifs is 1. The maximum atomic E-state index is 11.8. The van der Waals surface area contributed by atoms with E-state index < -0.39 is 11.4 Å². The van der Waals surface area contributed by atoms with E-state index in [0.29, 0.717) is 6.42 Å². The van der Waals surface area contributed by atoms with Gasteiger partial charge in [0.2, 0.25) is 0 Å². The number of nitrogens with zero attached hydrogens (tertiary/aromatic N) is 1. The molecule has 2 aromatic rings. The highest BCUT2D eigenvalue weighted by atomic mass is 16.4. The zero-order valence-electron chi connectivity index (χ0n) is 11.2. The fraction of sp³-hybridized carbons (Fsp3) is 0.375. The zero-order chi connectivity index (χ0) is 14.2. The van der Waals surface area contributed by atoms with Gasteiger partial charge >= 0.3 is 5.97 Å². The van der Waals surface area contributed by atoms with Gasteiger partial charge < -0.3 is 10.8 Å². The summed E-state index contributed by atoms with van der Waals surface area (Å²) < 4.78 is 0. The van der Waals surface area contributed by atoms with E-state index in [1.807, 2.05) is 30.3 Å². The molecule has 0 bridgehead atoms. The lowest BCUT2D eigenvalue weighted by atomic mass is 9.76. The molecule has 3 rings (SSSR count). The first kappa shape index (κ1) is 13.1. The Labute approximate surface area is 117 Å². The molecule has 3 N–H and O–H groups in total. The minimum absolute atomic E-state index is 0.177. The average molecular weight is 270 g/mol. The molecule has 1 unspecified atom stereocenters. The monoisotopic (exact) mass is 270 g/mol. The first-order valence-electron chi connectivity index (χ1n) is 6.93. The van der Waals surface area contributed by atoms with E-state index in [2.05, 4.69) is 4.98 Å². The van der Waals surface area contributed by atoms with Gasteiger partial charge in [0, 0.05) is 18.1 Å². The highest BCUT2D eigenvalue weighted by Gasteiger charge is 2.50. The van der Waals surface area contributed by atoms with Gasteiger partial charge in [-0.1, -0.05) is 24.3 Å². The number of carboxylic acids is 1. The van der Waals surface area contributed by atoms with Crippen LogP contribution >= 0.6 is 0 Å². The number of benzene rings is 1. The highest BCUT2D eigenvalue weighted by molar-refractivity contribution is 5.83. The molecule has 1 heterocycles. The Morgan fingerprint density at radius 2 is 2.10 bits per heavy atom. The van der Waals surface area contributed by atoms with Crippen LogP contribution < -0.4 is 5.73 Å². The van der Waals surface area contributed by atoms with E-state index in [1.165, 1.54) is 0 Å². The Hall–Kier alpha value is -1.94. The number of carbonyl (C=O) groups is 1. The van der Waals surface area contributed by atoms with Crippen LogP contribution in [0.2, 0.25) is 0 Å². The molecule has 1 fully saturated rings. The van der Waals surface area contributed by atoms with Crippen molar-refractivity contribution in [1.82, 2.24) is 4.98 Å². The fourth-order valence-electron chi connectivity index (χ4n) is 3.01. The molecule has 0 amide bonds. The molecular weight excluding hydrogens is 252 g/mol. The number of aliphatic carboxylic acids is 1. The predicted octanol–water partition coefficient (Wildman–Crippen LogP) is 2.22. The number of hydrogen-bond donors (Lipinski definition) is 2. The minimum atomic E-state index is -0.841. The molecule has 4 nitrogen and oxygen atoms in total. The van der Waals surface area contributed by atoms with Gasteiger partial charge in [-0.3, -0.25) is 9.78 Å². The topological polar surface area (TPSA) is 76.2 Å². The summed E-state index contributed by atoms with van der Waals surface area (Å²) >= 11 is 0. The Morgan fingerprint density at radius 1 is 1.35 bits per heavy atom.